The zero-order valence-corrected chi connectivity index (χ0v) is 32.5. The van der Waals surface area contributed by atoms with Gasteiger partial charge in [-0.15, -0.1) is 0 Å². The summed E-state index contributed by atoms with van der Waals surface area (Å²) in [5.41, 5.74) is 15.8. The van der Waals surface area contributed by atoms with E-state index in [9.17, 15) is 0 Å². The predicted octanol–water partition coefficient (Wildman–Crippen LogP) is 15.1. The molecule has 13 rings (SSSR count). The van der Waals surface area contributed by atoms with Crippen LogP contribution in [0.5, 0.6) is 0 Å². The number of fused-ring (bicyclic) bond motifs is 11. The first-order valence-corrected chi connectivity index (χ1v) is 20.5. The first-order chi connectivity index (χ1) is 29.8. The quantitative estimate of drug-likeness (QED) is 0.171. The Morgan fingerprint density at radius 2 is 0.667 bits per heavy atom. The van der Waals surface area contributed by atoms with Crippen LogP contribution in [0.1, 0.15) is 0 Å². The maximum Gasteiger partial charge on any atom is 0.213 e. The van der Waals surface area contributed by atoms with E-state index in [-0.39, 0.29) is 0 Å². The Kier molecular flexibility index (Phi) is 6.98. The summed E-state index contributed by atoms with van der Waals surface area (Å²) in [6, 6.07) is 76.6. The molecule has 4 heteroatoms. The van der Waals surface area contributed by atoms with Crippen LogP contribution in [0, 0.1) is 0 Å². The summed E-state index contributed by atoms with van der Waals surface area (Å²) in [6.45, 7) is 0. The van der Waals surface area contributed by atoms with Gasteiger partial charge in [0.1, 0.15) is 5.58 Å². The molecule has 0 aliphatic rings. The van der Waals surface area contributed by atoms with Crippen LogP contribution in [0.2, 0.25) is 0 Å². The minimum Gasteiger partial charge on any atom is -0.439 e. The second kappa shape index (κ2) is 12.7. The monoisotopic (exact) mass is 765 g/mol. The number of hydrogen-bond acceptors (Lipinski definition) is 1. The fourth-order valence-electron chi connectivity index (χ4n) is 9.75. The van der Waals surface area contributed by atoms with E-state index in [0.717, 1.165) is 50.1 Å². The van der Waals surface area contributed by atoms with Gasteiger partial charge in [-0.05, 0) is 113 Å². The lowest BCUT2D eigenvalue weighted by Gasteiger charge is -2.10. The number of benzene rings is 9. The molecule has 4 nitrogen and oxygen atoms in total. The van der Waals surface area contributed by atoms with Gasteiger partial charge in [-0.1, -0.05) is 121 Å². The lowest BCUT2D eigenvalue weighted by molar-refractivity contribution is 0.645. The average Bonchev–Trinajstić information content (AvgIpc) is 4.05. The van der Waals surface area contributed by atoms with E-state index in [2.05, 4.69) is 226 Å². The van der Waals surface area contributed by atoms with Gasteiger partial charge in [0.15, 0.2) is 0 Å². The van der Waals surface area contributed by atoms with Gasteiger partial charge in [0.2, 0.25) is 5.71 Å². The average molecular weight is 766 g/mol. The van der Waals surface area contributed by atoms with Crippen molar-refractivity contribution in [1.82, 2.24) is 13.7 Å². The van der Waals surface area contributed by atoms with Crippen LogP contribution in [0.15, 0.2) is 217 Å². The third-order valence-corrected chi connectivity index (χ3v) is 12.5. The molecule has 0 aliphatic heterocycles. The van der Waals surface area contributed by atoms with Crippen molar-refractivity contribution in [3.8, 4) is 39.3 Å². The summed E-state index contributed by atoms with van der Waals surface area (Å²) in [7, 11) is 0. The molecule has 0 atom stereocenters. The summed E-state index contributed by atoms with van der Waals surface area (Å²) < 4.78 is 13.6. The van der Waals surface area contributed by atoms with E-state index >= 15 is 0 Å². The van der Waals surface area contributed by atoms with E-state index in [1.54, 1.807) is 0 Å². The van der Waals surface area contributed by atoms with Crippen LogP contribution in [0.3, 0.4) is 0 Å². The van der Waals surface area contributed by atoms with Gasteiger partial charge in [0, 0.05) is 49.4 Å². The topological polar surface area (TPSA) is 27.9 Å². The number of aromatic nitrogens is 3. The Balaban J connectivity index is 0.904. The summed E-state index contributed by atoms with van der Waals surface area (Å²) in [6.07, 6.45) is 0. The van der Waals surface area contributed by atoms with Gasteiger partial charge in [0.05, 0.1) is 33.0 Å². The maximum atomic E-state index is 6.61. The molecule has 13 aromatic rings. The van der Waals surface area contributed by atoms with Crippen molar-refractivity contribution in [2.75, 3.05) is 0 Å². The minimum absolute atomic E-state index is 0.871. The van der Waals surface area contributed by atoms with Gasteiger partial charge in [-0.3, -0.25) is 4.57 Å². The largest absolute Gasteiger partial charge is 0.439 e. The second-order valence-corrected chi connectivity index (χ2v) is 15.7. The van der Waals surface area contributed by atoms with E-state index in [1.807, 2.05) is 0 Å². The highest BCUT2D eigenvalue weighted by Gasteiger charge is 2.20. The molecule has 0 saturated carbocycles. The molecule has 0 aliphatic carbocycles. The Bertz CT molecular complexity index is 3810. The molecule has 0 unspecified atom stereocenters. The van der Waals surface area contributed by atoms with Crippen LogP contribution in [0.4, 0.5) is 0 Å². The molecule has 9 aromatic carbocycles. The lowest BCUT2D eigenvalue weighted by Crippen LogP contribution is -1.94. The molecular formula is C56H35N3O. The molecule has 0 saturated heterocycles. The van der Waals surface area contributed by atoms with Crippen LogP contribution >= 0.6 is 0 Å². The first-order valence-electron chi connectivity index (χ1n) is 20.5. The third-order valence-electron chi connectivity index (χ3n) is 12.5. The third kappa shape index (κ3) is 4.79. The van der Waals surface area contributed by atoms with Crippen LogP contribution in [-0.2, 0) is 0 Å². The van der Waals surface area contributed by atoms with E-state index in [1.165, 1.54) is 65.8 Å². The van der Waals surface area contributed by atoms with Crippen molar-refractivity contribution in [3.63, 3.8) is 0 Å². The molecule has 4 aromatic heterocycles. The second-order valence-electron chi connectivity index (χ2n) is 15.7. The van der Waals surface area contributed by atoms with Crippen molar-refractivity contribution in [1.29, 1.82) is 0 Å². The van der Waals surface area contributed by atoms with Gasteiger partial charge in [-0.25, -0.2) is 0 Å². The normalized spacial score (nSPS) is 12.0. The Hall–Kier alpha value is -8.08. The summed E-state index contributed by atoms with van der Waals surface area (Å²) in [4.78, 5) is 0. The van der Waals surface area contributed by atoms with Gasteiger partial charge >= 0.3 is 0 Å². The molecule has 0 radical (unpaired) electrons. The Morgan fingerprint density at radius 3 is 1.25 bits per heavy atom. The highest BCUT2D eigenvalue weighted by atomic mass is 16.3. The van der Waals surface area contributed by atoms with E-state index < -0.39 is 0 Å². The smallest absolute Gasteiger partial charge is 0.213 e. The lowest BCUT2D eigenvalue weighted by atomic mass is 10.0. The van der Waals surface area contributed by atoms with E-state index in [4.69, 9.17) is 4.42 Å². The molecule has 0 N–H and O–H groups in total. The molecular weight excluding hydrogens is 731 g/mol. The number of hydrogen-bond donors (Lipinski definition) is 0. The molecule has 0 amide bonds. The highest BCUT2D eigenvalue weighted by molar-refractivity contribution is 6.20. The van der Waals surface area contributed by atoms with Crippen molar-refractivity contribution >= 4 is 76.6 Å². The maximum absolute atomic E-state index is 6.61. The van der Waals surface area contributed by atoms with Crippen molar-refractivity contribution in [2.45, 2.75) is 0 Å². The SMILES string of the molecule is c1ccc(-n2c3ccccc3c3cc(-c4ccc5c(c4)c4ccccc4n5-c4ccc(-c5ccc6oc7c(c6c5)c5ccccc5n7-c5ccccc5)cc4)ccc32)cc1. The van der Waals surface area contributed by atoms with Gasteiger partial charge in [-0.2, -0.15) is 0 Å². The number of nitrogens with zero attached hydrogens (tertiary/aromatic N) is 3. The summed E-state index contributed by atoms with van der Waals surface area (Å²) >= 11 is 0. The summed E-state index contributed by atoms with van der Waals surface area (Å²) in [5, 5.41) is 8.45. The predicted molar refractivity (Wildman–Crippen MR) is 250 cm³/mol. The number of rotatable bonds is 5. The van der Waals surface area contributed by atoms with Crippen LogP contribution in [0.25, 0.3) is 116 Å². The van der Waals surface area contributed by atoms with Gasteiger partial charge < -0.3 is 13.6 Å². The molecule has 60 heavy (non-hydrogen) atoms. The van der Waals surface area contributed by atoms with E-state index in [0.29, 0.717) is 0 Å². The number of para-hydroxylation sites is 5. The van der Waals surface area contributed by atoms with Gasteiger partial charge in [0.25, 0.3) is 0 Å². The molecule has 0 bridgehead atoms. The van der Waals surface area contributed by atoms with Crippen LogP contribution in [-0.4, -0.2) is 13.7 Å². The Morgan fingerprint density at radius 1 is 0.267 bits per heavy atom. The molecule has 0 fully saturated rings. The minimum atomic E-state index is 0.871. The van der Waals surface area contributed by atoms with Crippen molar-refractivity contribution < 1.29 is 4.42 Å². The van der Waals surface area contributed by atoms with Crippen LogP contribution < -0.4 is 0 Å². The number of furan rings is 1. The first kappa shape index (κ1) is 32.9. The zero-order valence-electron chi connectivity index (χ0n) is 32.5. The fraction of sp³-hybridized carbons (Fsp3) is 0. The fourth-order valence-corrected chi connectivity index (χ4v) is 9.75. The molecule has 280 valence electrons. The van der Waals surface area contributed by atoms with Crippen molar-refractivity contribution in [3.05, 3.63) is 212 Å². The summed E-state index contributed by atoms with van der Waals surface area (Å²) in [5.74, 6) is 0. The molecule has 0 spiro atoms. The standard InChI is InChI=1S/C56H35N3O/c1-3-13-40(14-4-1)57-49-20-10-7-17-43(49)46-33-38(25-30-52(46)57)39-26-31-53-47(34-39)44-18-8-11-21-50(44)58(53)42-28-23-36(24-29-42)37-27-32-54-48(35-37)55-45-19-9-12-22-51(45)59(56(55)60-54)41-15-5-2-6-16-41/h1-35H. The zero-order chi connectivity index (χ0) is 39.3. The highest BCUT2D eigenvalue weighted by Crippen LogP contribution is 2.42. The molecule has 4 heterocycles. The van der Waals surface area contributed by atoms with Crippen molar-refractivity contribution in [2.24, 2.45) is 0 Å². The Labute approximate surface area is 345 Å².